The van der Waals surface area contributed by atoms with E-state index in [2.05, 4.69) is 28.7 Å². The van der Waals surface area contributed by atoms with Crippen LogP contribution in [0.15, 0.2) is 6.07 Å². The van der Waals surface area contributed by atoms with Crippen molar-refractivity contribution in [3.05, 3.63) is 17.0 Å². The summed E-state index contributed by atoms with van der Waals surface area (Å²) in [7, 11) is 0. The van der Waals surface area contributed by atoms with Gasteiger partial charge in [-0.1, -0.05) is 13.8 Å². The molecule has 0 spiro atoms. The van der Waals surface area contributed by atoms with Crippen LogP contribution in [0.5, 0.6) is 0 Å². The third kappa shape index (κ3) is 2.40. The first-order valence-corrected chi connectivity index (χ1v) is 5.60. The Morgan fingerprint density at radius 3 is 2.67 bits per heavy atom. The zero-order valence-electron chi connectivity index (χ0n) is 9.42. The zero-order chi connectivity index (χ0) is 11.1. The summed E-state index contributed by atoms with van der Waals surface area (Å²) < 4.78 is 0. The maximum Gasteiger partial charge on any atom is 0.224 e. The molecule has 0 bridgehead atoms. The number of rotatable bonds is 1. The lowest BCUT2D eigenvalue weighted by Gasteiger charge is -2.20. The van der Waals surface area contributed by atoms with Crippen LogP contribution in [0, 0.1) is 12.3 Å². The van der Waals surface area contributed by atoms with Gasteiger partial charge in [0, 0.05) is 24.8 Å². The summed E-state index contributed by atoms with van der Waals surface area (Å²) in [5.74, 6) is 0.957. The van der Waals surface area contributed by atoms with E-state index in [1.54, 1.807) is 0 Å². The minimum absolute atomic E-state index is 0.342. The Kier molecular flexibility index (Phi) is 2.59. The van der Waals surface area contributed by atoms with Gasteiger partial charge in [0.25, 0.3) is 0 Å². The van der Waals surface area contributed by atoms with Crippen molar-refractivity contribution in [2.75, 3.05) is 18.0 Å². The third-order valence-corrected chi connectivity index (χ3v) is 2.98. The fraction of sp³-hybridized carbons (Fsp3) is 0.636. The molecule has 1 saturated heterocycles. The average molecular weight is 226 g/mol. The van der Waals surface area contributed by atoms with Crippen molar-refractivity contribution in [2.24, 2.45) is 5.41 Å². The molecule has 0 N–H and O–H groups in total. The molecule has 0 atom stereocenters. The van der Waals surface area contributed by atoms with Crippen molar-refractivity contribution in [3.8, 4) is 0 Å². The molecule has 1 aromatic heterocycles. The van der Waals surface area contributed by atoms with Crippen LogP contribution < -0.4 is 4.90 Å². The van der Waals surface area contributed by atoms with E-state index in [1.807, 2.05) is 13.0 Å². The van der Waals surface area contributed by atoms with E-state index >= 15 is 0 Å². The summed E-state index contributed by atoms with van der Waals surface area (Å²) >= 11 is 5.85. The molecule has 1 aromatic rings. The smallest absolute Gasteiger partial charge is 0.224 e. The van der Waals surface area contributed by atoms with Gasteiger partial charge in [-0.05, 0) is 30.4 Å². The molecule has 0 aliphatic carbocycles. The van der Waals surface area contributed by atoms with E-state index in [-0.39, 0.29) is 0 Å². The van der Waals surface area contributed by atoms with Crippen molar-refractivity contribution in [2.45, 2.75) is 27.2 Å². The summed E-state index contributed by atoms with van der Waals surface area (Å²) in [4.78, 5) is 10.6. The molecule has 0 saturated carbocycles. The first-order chi connectivity index (χ1) is 6.96. The minimum atomic E-state index is 0.342. The normalized spacial score (nSPS) is 19.6. The average Bonchev–Trinajstić information content (AvgIpc) is 2.44. The van der Waals surface area contributed by atoms with Gasteiger partial charge in [0.2, 0.25) is 5.28 Å². The van der Waals surface area contributed by atoms with E-state index in [9.17, 15) is 0 Å². The summed E-state index contributed by atoms with van der Waals surface area (Å²) in [6.45, 7) is 8.60. The third-order valence-electron chi connectivity index (χ3n) is 2.81. The topological polar surface area (TPSA) is 29.0 Å². The van der Waals surface area contributed by atoms with Gasteiger partial charge in [-0.25, -0.2) is 9.97 Å². The Morgan fingerprint density at radius 2 is 2.13 bits per heavy atom. The van der Waals surface area contributed by atoms with Gasteiger partial charge in [0.05, 0.1) is 0 Å². The van der Waals surface area contributed by atoms with Crippen molar-refractivity contribution >= 4 is 17.4 Å². The summed E-state index contributed by atoms with van der Waals surface area (Å²) in [6, 6.07) is 1.99. The number of aryl methyl sites for hydroxylation is 1. The number of hydrogen-bond donors (Lipinski definition) is 0. The monoisotopic (exact) mass is 225 g/mol. The molecular weight excluding hydrogens is 210 g/mol. The molecule has 1 aliphatic heterocycles. The zero-order valence-corrected chi connectivity index (χ0v) is 10.2. The van der Waals surface area contributed by atoms with E-state index in [0.717, 1.165) is 24.6 Å². The largest absolute Gasteiger partial charge is 0.356 e. The fourth-order valence-electron chi connectivity index (χ4n) is 1.99. The Labute approximate surface area is 95.5 Å². The molecule has 2 rings (SSSR count). The highest BCUT2D eigenvalue weighted by atomic mass is 35.5. The molecule has 1 aliphatic rings. The predicted octanol–water partition coefficient (Wildman–Crippen LogP) is 2.67. The van der Waals surface area contributed by atoms with E-state index < -0.39 is 0 Å². The van der Waals surface area contributed by atoms with Gasteiger partial charge < -0.3 is 4.90 Å². The Hall–Kier alpha value is -0.830. The lowest BCUT2D eigenvalue weighted by molar-refractivity contribution is 0.418. The second-order valence-corrected chi connectivity index (χ2v) is 5.31. The van der Waals surface area contributed by atoms with Crippen LogP contribution in [0.4, 0.5) is 5.82 Å². The van der Waals surface area contributed by atoms with Crippen molar-refractivity contribution in [3.63, 3.8) is 0 Å². The Morgan fingerprint density at radius 1 is 1.40 bits per heavy atom. The first-order valence-electron chi connectivity index (χ1n) is 5.22. The second kappa shape index (κ2) is 3.63. The van der Waals surface area contributed by atoms with Gasteiger partial charge in [-0.15, -0.1) is 0 Å². The number of hydrogen-bond acceptors (Lipinski definition) is 3. The van der Waals surface area contributed by atoms with Crippen LogP contribution in [-0.2, 0) is 0 Å². The summed E-state index contributed by atoms with van der Waals surface area (Å²) in [5, 5.41) is 0.342. The Balaban J connectivity index is 2.24. The lowest BCUT2D eigenvalue weighted by Crippen LogP contribution is -2.23. The van der Waals surface area contributed by atoms with Gasteiger partial charge >= 0.3 is 0 Å². The van der Waals surface area contributed by atoms with Crippen LogP contribution in [0.2, 0.25) is 5.28 Å². The SMILES string of the molecule is Cc1cc(N2CCC(C)(C)C2)nc(Cl)n1. The van der Waals surface area contributed by atoms with E-state index in [4.69, 9.17) is 11.6 Å². The molecule has 0 unspecified atom stereocenters. The molecule has 4 heteroatoms. The molecule has 0 aromatic carbocycles. The van der Waals surface area contributed by atoms with Gasteiger partial charge in [0.15, 0.2) is 0 Å². The van der Waals surface area contributed by atoms with Crippen LogP contribution >= 0.6 is 11.6 Å². The quantitative estimate of drug-likeness (QED) is 0.689. The molecule has 1 fully saturated rings. The van der Waals surface area contributed by atoms with Crippen molar-refractivity contribution < 1.29 is 0 Å². The molecule has 2 heterocycles. The van der Waals surface area contributed by atoms with E-state index in [0.29, 0.717) is 10.7 Å². The highest BCUT2D eigenvalue weighted by Gasteiger charge is 2.30. The summed E-state index contributed by atoms with van der Waals surface area (Å²) in [5.41, 5.74) is 1.31. The van der Waals surface area contributed by atoms with Crippen LogP contribution in [0.25, 0.3) is 0 Å². The minimum Gasteiger partial charge on any atom is -0.356 e. The molecule has 0 radical (unpaired) electrons. The number of nitrogens with zero attached hydrogens (tertiary/aromatic N) is 3. The van der Waals surface area contributed by atoms with E-state index in [1.165, 1.54) is 6.42 Å². The molecule has 15 heavy (non-hydrogen) atoms. The van der Waals surface area contributed by atoms with Crippen LogP contribution in [0.1, 0.15) is 26.0 Å². The molecule has 3 nitrogen and oxygen atoms in total. The molecular formula is C11H16ClN3. The maximum absolute atomic E-state index is 5.85. The van der Waals surface area contributed by atoms with Gasteiger partial charge in [-0.2, -0.15) is 0 Å². The highest BCUT2D eigenvalue weighted by molar-refractivity contribution is 6.28. The van der Waals surface area contributed by atoms with Crippen LogP contribution in [-0.4, -0.2) is 23.1 Å². The second-order valence-electron chi connectivity index (χ2n) is 4.97. The van der Waals surface area contributed by atoms with Crippen molar-refractivity contribution in [1.82, 2.24) is 9.97 Å². The number of halogens is 1. The standard InChI is InChI=1S/C11H16ClN3/c1-8-6-9(14-10(12)13-8)15-5-4-11(2,3)7-15/h6H,4-5,7H2,1-3H3. The van der Waals surface area contributed by atoms with Gasteiger partial charge in [-0.3, -0.25) is 0 Å². The fourth-order valence-corrected chi connectivity index (χ4v) is 2.21. The number of anilines is 1. The summed E-state index contributed by atoms with van der Waals surface area (Å²) in [6.07, 6.45) is 1.20. The molecule has 0 amide bonds. The highest BCUT2D eigenvalue weighted by Crippen LogP contribution is 2.31. The Bertz CT molecular complexity index is 356. The number of aromatic nitrogens is 2. The van der Waals surface area contributed by atoms with Crippen molar-refractivity contribution in [1.29, 1.82) is 0 Å². The first kappa shape index (κ1) is 10.7. The maximum atomic E-state index is 5.85. The van der Waals surface area contributed by atoms with Gasteiger partial charge in [0.1, 0.15) is 5.82 Å². The lowest BCUT2D eigenvalue weighted by atomic mass is 9.93. The predicted molar refractivity (Wildman–Crippen MR) is 62.4 cm³/mol. The van der Waals surface area contributed by atoms with Crippen LogP contribution in [0.3, 0.4) is 0 Å². The molecule has 82 valence electrons.